The van der Waals surface area contributed by atoms with Crippen LogP contribution in [0.5, 0.6) is 0 Å². The number of hydrogen-bond donors (Lipinski definition) is 0. The zero-order chi connectivity index (χ0) is 12.1. The summed E-state index contributed by atoms with van der Waals surface area (Å²) in [5.74, 6) is -0.00676. The molecule has 1 fully saturated rings. The van der Waals surface area contributed by atoms with Crippen LogP contribution in [0, 0.1) is 0 Å². The fourth-order valence-corrected chi connectivity index (χ4v) is 2.05. The standard InChI is InChI=1S/C12H17N3O2/c16-11-6-5-7-13-15(11)10-12(17)14-8-3-1-2-4-9-14/h5-7H,1-4,8-10H2. The largest absolute Gasteiger partial charge is 0.341 e. The van der Waals surface area contributed by atoms with E-state index in [4.69, 9.17) is 0 Å². The van der Waals surface area contributed by atoms with Gasteiger partial charge in [0.2, 0.25) is 5.91 Å². The molecule has 0 unspecified atom stereocenters. The third-order valence-corrected chi connectivity index (χ3v) is 3.03. The van der Waals surface area contributed by atoms with Crippen molar-refractivity contribution in [1.82, 2.24) is 14.7 Å². The lowest BCUT2D eigenvalue weighted by Gasteiger charge is -2.20. The van der Waals surface area contributed by atoms with Crippen molar-refractivity contribution in [2.45, 2.75) is 32.2 Å². The van der Waals surface area contributed by atoms with Crippen LogP contribution in [0.1, 0.15) is 25.7 Å². The molecule has 0 aromatic carbocycles. The maximum Gasteiger partial charge on any atom is 0.267 e. The molecule has 1 saturated heterocycles. The Morgan fingerprint density at radius 3 is 2.59 bits per heavy atom. The quantitative estimate of drug-likeness (QED) is 0.756. The van der Waals surface area contributed by atoms with Crippen LogP contribution >= 0.6 is 0 Å². The molecule has 92 valence electrons. The fourth-order valence-electron chi connectivity index (χ4n) is 2.05. The van der Waals surface area contributed by atoms with Crippen molar-refractivity contribution in [3.05, 3.63) is 28.7 Å². The molecule has 0 N–H and O–H groups in total. The van der Waals surface area contributed by atoms with E-state index in [1.807, 2.05) is 4.90 Å². The van der Waals surface area contributed by atoms with Gasteiger partial charge in [-0.3, -0.25) is 9.59 Å². The lowest BCUT2D eigenvalue weighted by molar-refractivity contribution is -0.132. The molecule has 1 aliphatic rings. The fraction of sp³-hybridized carbons (Fsp3) is 0.583. The Kier molecular flexibility index (Phi) is 3.90. The van der Waals surface area contributed by atoms with E-state index in [9.17, 15) is 9.59 Å². The first kappa shape index (κ1) is 11.8. The van der Waals surface area contributed by atoms with Crippen molar-refractivity contribution in [1.29, 1.82) is 0 Å². The number of carbonyl (C=O) groups excluding carboxylic acids is 1. The van der Waals surface area contributed by atoms with E-state index in [1.165, 1.54) is 29.8 Å². The normalized spacial score (nSPS) is 16.6. The highest BCUT2D eigenvalue weighted by atomic mass is 16.2. The molecule has 1 aromatic heterocycles. The number of likely N-dealkylation sites (tertiary alicyclic amines) is 1. The number of amides is 1. The van der Waals surface area contributed by atoms with Gasteiger partial charge >= 0.3 is 0 Å². The Morgan fingerprint density at radius 2 is 1.94 bits per heavy atom. The third kappa shape index (κ3) is 3.15. The molecule has 0 bridgehead atoms. The van der Waals surface area contributed by atoms with E-state index in [-0.39, 0.29) is 18.0 Å². The topological polar surface area (TPSA) is 55.2 Å². The maximum atomic E-state index is 12.0. The monoisotopic (exact) mass is 235 g/mol. The molecule has 0 radical (unpaired) electrons. The molecule has 0 spiro atoms. The Labute approximate surface area is 100 Å². The molecule has 5 nitrogen and oxygen atoms in total. The maximum absolute atomic E-state index is 12.0. The number of carbonyl (C=O) groups is 1. The number of rotatable bonds is 2. The van der Waals surface area contributed by atoms with E-state index in [0.29, 0.717) is 0 Å². The van der Waals surface area contributed by atoms with Crippen LogP contribution in [0.4, 0.5) is 0 Å². The van der Waals surface area contributed by atoms with Crippen LogP contribution in [0.3, 0.4) is 0 Å². The highest BCUT2D eigenvalue weighted by molar-refractivity contribution is 5.75. The van der Waals surface area contributed by atoms with Gasteiger partial charge < -0.3 is 4.90 Å². The van der Waals surface area contributed by atoms with Gasteiger partial charge in [0.1, 0.15) is 6.54 Å². The number of aromatic nitrogens is 2. The van der Waals surface area contributed by atoms with Crippen molar-refractivity contribution < 1.29 is 4.79 Å². The van der Waals surface area contributed by atoms with Gasteiger partial charge in [0.25, 0.3) is 5.56 Å². The molecule has 1 aromatic rings. The zero-order valence-electron chi connectivity index (χ0n) is 9.84. The molecule has 2 heterocycles. The van der Waals surface area contributed by atoms with Crippen LogP contribution in [0.2, 0.25) is 0 Å². The molecule has 0 aliphatic carbocycles. The summed E-state index contributed by atoms with van der Waals surface area (Å²) in [7, 11) is 0. The lowest BCUT2D eigenvalue weighted by atomic mass is 10.2. The van der Waals surface area contributed by atoms with Crippen LogP contribution in [0.15, 0.2) is 23.1 Å². The van der Waals surface area contributed by atoms with Gasteiger partial charge in [-0.1, -0.05) is 12.8 Å². The molecular weight excluding hydrogens is 218 g/mol. The van der Waals surface area contributed by atoms with Crippen LogP contribution in [-0.2, 0) is 11.3 Å². The minimum absolute atomic E-state index is 0.00676. The second-order valence-corrected chi connectivity index (χ2v) is 4.31. The predicted molar refractivity (Wildman–Crippen MR) is 63.5 cm³/mol. The van der Waals surface area contributed by atoms with E-state index in [0.717, 1.165) is 25.9 Å². The van der Waals surface area contributed by atoms with Crippen molar-refractivity contribution in [3.8, 4) is 0 Å². The van der Waals surface area contributed by atoms with E-state index >= 15 is 0 Å². The van der Waals surface area contributed by atoms with E-state index < -0.39 is 0 Å². The minimum Gasteiger partial charge on any atom is -0.341 e. The van der Waals surface area contributed by atoms with Gasteiger partial charge in [-0.25, -0.2) is 4.68 Å². The van der Waals surface area contributed by atoms with Gasteiger partial charge in [0.15, 0.2) is 0 Å². The first-order valence-corrected chi connectivity index (χ1v) is 6.07. The summed E-state index contributed by atoms with van der Waals surface area (Å²) in [4.78, 5) is 25.3. The summed E-state index contributed by atoms with van der Waals surface area (Å²) in [5, 5.41) is 3.89. The Bertz CT molecular complexity index is 433. The van der Waals surface area contributed by atoms with E-state index in [1.54, 1.807) is 6.07 Å². The van der Waals surface area contributed by atoms with Crippen molar-refractivity contribution in [2.75, 3.05) is 13.1 Å². The van der Waals surface area contributed by atoms with Crippen LogP contribution < -0.4 is 5.56 Å². The molecular formula is C12H17N3O2. The molecule has 5 heteroatoms. The van der Waals surface area contributed by atoms with Crippen molar-refractivity contribution in [2.24, 2.45) is 0 Å². The van der Waals surface area contributed by atoms with Gasteiger partial charge in [-0.2, -0.15) is 5.10 Å². The Morgan fingerprint density at radius 1 is 1.24 bits per heavy atom. The summed E-state index contributed by atoms with van der Waals surface area (Å²) >= 11 is 0. The first-order valence-electron chi connectivity index (χ1n) is 6.07. The molecule has 1 aliphatic heterocycles. The summed E-state index contributed by atoms with van der Waals surface area (Å²) in [6.07, 6.45) is 6.02. The number of nitrogens with zero attached hydrogens (tertiary/aromatic N) is 3. The van der Waals surface area contributed by atoms with Crippen LogP contribution in [-0.4, -0.2) is 33.7 Å². The molecule has 17 heavy (non-hydrogen) atoms. The average molecular weight is 235 g/mol. The zero-order valence-corrected chi connectivity index (χ0v) is 9.84. The SMILES string of the molecule is O=C(Cn1ncccc1=O)N1CCCCCC1. The first-order chi connectivity index (χ1) is 8.27. The molecule has 0 atom stereocenters. The highest BCUT2D eigenvalue weighted by Gasteiger charge is 2.16. The van der Waals surface area contributed by atoms with Gasteiger partial charge in [-0.05, 0) is 18.9 Å². The summed E-state index contributed by atoms with van der Waals surface area (Å²) < 4.78 is 1.22. The number of hydrogen-bond acceptors (Lipinski definition) is 3. The Balaban J connectivity index is 2.01. The molecule has 2 rings (SSSR count). The van der Waals surface area contributed by atoms with Crippen molar-refractivity contribution >= 4 is 5.91 Å². The highest BCUT2D eigenvalue weighted by Crippen LogP contribution is 2.09. The second kappa shape index (κ2) is 5.61. The van der Waals surface area contributed by atoms with Gasteiger partial charge in [0.05, 0.1) is 0 Å². The summed E-state index contributed by atoms with van der Waals surface area (Å²) in [5.41, 5.74) is -0.226. The predicted octanol–water partition coefficient (Wildman–Crippen LogP) is 0.646. The third-order valence-electron chi connectivity index (χ3n) is 3.03. The Hall–Kier alpha value is -1.65. The summed E-state index contributed by atoms with van der Waals surface area (Å²) in [6.45, 7) is 1.67. The van der Waals surface area contributed by atoms with Gasteiger partial charge in [0, 0.05) is 25.4 Å². The minimum atomic E-state index is -0.226. The second-order valence-electron chi connectivity index (χ2n) is 4.31. The summed E-state index contributed by atoms with van der Waals surface area (Å²) in [6, 6.07) is 3.00. The van der Waals surface area contributed by atoms with Crippen LogP contribution in [0.25, 0.3) is 0 Å². The molecule has 1 amide bonds. The van der Waals surface area contributed by atoms with Gasteiger partial charge in [-0.15, -0.1) is 0 Å². The average Bonchev–Trinajstić information content (AvgIpc) is 2.61. The van der Waals surface area contributed by atoms with E-state index in [2.05, 4.69) is 5.10 Å². The van der Waals surface area contributed by atoms with Crippen molar-refractivity contribution in [3.63, 3.8) is 0 Å². The lowest BCUT2D eigenvalue weighted by Crippen LogP contribution is -2.37. The smallest absolute Gasteiger partial charge is 0.267 e. The molecule has 0 saturated carbocycles.